The van der Waals surface area contributed by atoms with Gasteiger partial charge in [-0.25, -0.2) is 4.79 Å². The highest BCUT2D eigenvalue weighted by atomic mass is 16.4. The van der Waals surface area contributed by atoms with Crippen LogP contribution in [0.1, 0.15) is 20.7 Å². The summed E-state index contributed by atoms with van der Waals surface area (Å²) in [5.74, 6) is -1.09. The van der Waals surface area contributed by atoms with Crippen molar-refractivity contribution in [2.75, 3.05) is 0 Å². The van der Waals surface area contributed by atoms with Gasteiger partial charge in [0, 0.05) is 5.56 Å². The quantitative estimate of drug-likeness (QED) is 0.819. The molecule has 84 valence electrons. The van der Waals surface area contributed by atoms with Crippen LogP contribution in [0.15, 0.2) is 48.5 Å². The second-order valence-electron chi connectivity index (χ2n) is 3.59. The van der Waals surface area contributed by atoms with Crippen molar-refractivity contribution in [2.45, 2.75) is 0 Å². The van der Waals surface area contributed by atoms with Crippen LogP contribution in [-0.2, 0) is 0 Å². The van der Waals surface area contributed by atoms with E-state index in [4.69, 9.17) is 5.11 Å². The highest BCUT2D eigenvalue weighted by Gasteiger charge is 2.10. The van der Waals surface area contributed by atoms with E-state index in [2.05, 4.69) is 0 Å². The van der Waals surface area contributed by atoms with Crippen molar-refractivity contribution in [1.29, 1.82) is 0 Å². The summed E-state index contributed by atoms with van der Waals surface area (Å²) in [5, 5.41) is 8.90. The van der Waals surface area contributed by atoms with Crippen molar-refractivity contribution in [2.24, 2.45) is 0 Å². The molecule has 1 N–H and O–H groups in total. The zero-order valence-corrected chi connectivity index (χ0v) is 8.96. The Labute approximate surface area is 98.3 Å². The Hall–Kier alpha value is -2.42. The van der Waals surface area contributed by atoms with E-state index in [0.717, 1.165) is 11.1 Å². The fraction of sp³-hybridized carbons (Fsp3) is 0. The Morgan fingerprint density at radius 2 is 1.71 bits per heavy atom. The number of aldehydes is 1. The lowest BCUT2D eigenvalue weighted by Crippen LogP contribution is -2.01. The molecule has 0 spiro atoms. The van der Waals surface area contributed by atoms with Gasteiger partial charge in [0.25, 0.3) is 0 Å². The standard InChI is InChI=1S/C14H10O3/c15-9-12-8-11(6-7-13(12)14(16)17)10-4-2-1-3-5-10/h1-9H,(H,16,17). The predicted octanol–water partition coefficient (Wildman–Crippen LogP) is 2.86. The second kappa shape index (κ2) is 4.61. The van der Waals surface area contributed by atoms with E-state index in [0.29, 0.717) is 6.29 Å². The first-order valence-corrected chi connectivity index (χ1v) is 5.10. The van der Waals surface area contributed by atoms with E-state index in [1.807, 2.05) is 30.3 Å². The minimum atomic E-state index is -1.09. The smallest absolute Gasteiger partial charge is 0.336 e. The predicted molar refractivity (Wildman–Crippen MR) is 64.2 cm³/mol. The van der Waals surface area contributed by atoms with E-state index in [1.54, 1.807) is 12.1 Å². The molecule has 0 bridgehead atoms. The van der Waals surface area contributed by atoms with Crippen LogP contribution in [0.2, 0.25) is 0 Å². The fourth-order valence-electron chi connectivity index (χ4n) is 1.67. The molecule has 0 amide bonds. The lowest BCUT2D eigenvalue weighted by Gasteiger charge is -2.04. The topological polar surface area (TPSA) is 54.4 Å². The number of carboxylic acids is 1. The third-order valence-corrected chi connectivity index (χ3v) is 2.52. The van der Waals surface area contributed by atoms with E-state index in [1.165, 1.54) is 6.07 Å². The van der Waals surface area contributed by atoms with Crippen molar-refractivity contribution in [3.8, 4) is 11.1 Å². The number of benzene rings is 2. The molecule has 0 aliphatic rings. The van der Waals surface area contributed by atoms with Gasteiger partial charge >= 0.3 is 5.97 Å². The summed E-state index contributed by atoms with van der Waals surface area (Å²) in [6, 6.07) is 14.2. The van der Waals surface area contributed by atoms with Crippen molar-refractivity contribution >= 4 is 12.3 Å². The molecule has 3 nitrogen and oxygen atoms in total. The van der Waals surface area contributed by atoms with Crippen molar-refractivity contribution in [3.63, 3.8) is 0 Å². The van der Waals surface area contributed by atoms with Crippen LogP contribution >= 0.6 is 0 Å². The SMILES string of the molecule is O=Cc1cc(-c2ccccc2)ccc1C(=O)O. The number of carbonyl (C=O) groups excluding carboxylic acids is 1. The number of rotatable bonds is 3. The van der Waals surface area contributed by atoms with Crippen LogP contribution in [0.4, 0.5) is 0 Å². The molecule has 3 heteroatoms. The van der Waals surface area contributed by atoms with E-state index in [-0.39, 0.29) is 11.1 Å². The largest absolute Gasteiger partial charge is 0.478 e. The molecular weight excluding hydrogens is 216 g/mol. The first-order valence-electron chi connectivity index (χ1n) is 5.10. The minimum absolute atomic E-state index is 0.0275. The van der Waals surface area contributed by atoms with Crippen LogP contribution in [0.5, 0.6) is 0 Å². The lowest BCUT2D eigenvalue weighted by molar-refractivity contribution is 0.0694. The highest BCUT2D eigenvalue weighted by Crippen LogP contribution is 2.21. The summed E-state index contributed by atoms with van der Waals surface area (Å²) in [6.45, 7) is 0. The van der Waals surface area contributed by atoms with Gasteiger partial charge in [-0.2, -0.15) is 0 Å². The van der Waals surface area contributed by atoms with Crippen molar-refractivity contribution in [1.82, 2.24) is 0 Å². The monoisotopic (exact) mass is 226 g/mol. The molecule has 2 rings (SSSR count). The molecule has 2 aromatic rings. The molecule has 0 atom stereocenters. The molecule has 0 heterocycles. The number of carboxylic acid groups (broad SMARTS) is 1. The Kier molecular flexibility index (Phi) is 3.01. The minimum Gasteiger partial charge on any atom is -0.478 e. The van der Waals surface area contributed by atoms with Crippen molar-refractivity contribution < 1.29 is 14.7 Å². The second-order valence-corrected chi connectivity index (χ2v) is 3.59. The lowest BCUT2D eigenvalue weighted by atomic mass is 10.00. The third-order valence-electron chi connectivity index (χ3n) is 2.52. The number of hydrogen-bond donors (Lipinski definition) is 1. The molecule has 0 aliphatic heterocycles. The third kappa shape index (κ3) is 2.23. The summed E-state index contributed by atoms with van der Waals surface area (Å²) < 4.78 is 0. The van der Waals surface area contributed by atoms with Crippen LogP contribution in [0.25, 0.3) is 11.1 Å². The van der Waals surface area contributed by atoms with Gasteiger partial charge in [-0.1, -0.05) is 36.4 Å². The summed E-state index contributed by atoms with van der Waals surface area (Å²) in [7, 11) is 0. The van der Waals surface area contributed by atoms with Crippen LogP contribution in [0, 0.1) is 0 Å². The maximum Gasteiger partial charge on any atom is 0.336 e. The first-order chi connectivity index (χ1) is 8.22. The zero-order chi connectivity index (χ0) is 12.3. The molecular formula is C14H10O3. The Morgan fingerprint density at radius 1 is 1.00 bits per heavy atom. The first kappa shape index (κ1) is 11.1. The maximum atomic E-state index is 10.9. The summed E-state index contributed by atoms with van der Waals surface area (Å²) in [4.78, 5) is 21.7. The average Bonchev–Trinajstić information content (AvgIpc) is 2.39. The van der Waals surface area contributed by atoms with Crippen LogP contribution < -0.4 is 0 Å². The fourth-order valence-corrected chi connectivity index (χ4v) is 1.67. The van der Waals surface area contributed by atoms with Crippen LogP contribution in [-0.4, -0.2) is 17.4 Å². The Bertz CT molecular complexity index is 559. The normalized spacial score (nSPS) is 9.88. The zero-order valence-electron chi connectivity index (χ0n) is 8.96. The van der Waals surface area contributed by atoms with Gasteiger partial charge in [0.2, 0.25) is 0 Å². The van der Waals surface area contributed by atoms with E-state index in [9.17, 15) is 9.59 Å². The molecule has 0 aliphatic carbocycles. The average molecular weight is 226 g/mol. The summed E-state index contributed by atoms with van der Waals surface area (Å²) in [6.07, 6.45) is 0.565. The van der Waals surface area contributed by atoms with Gasteiger partial charge in [-0.05, 0) is 23.3 Å². The van der Waals surface area contributed by atoms with E-state index < -0.39 is 5.97 Å². The number of hydrogen-bond acceptors (Lipinski definition) is 2. The Balaban J connectivity index is 2.53. The molecule has 0 saturated carbocycles. The highest BCUT2D eigenvalue weighted by molar-refractivity contribution is 5.98. The number of carbonyl (C=O) groups is 2. The van der Waals surface area contributed by atoms with Gasteiger partial charge < -0.3 is 5.11 Å². The number of aromatic carboxylic acids is 1. The van der Waals surface area contributed by atoms with E-state index >= 15 is 0 Å². The van der Waals surface area contributed by atoms with Crippen LogP contribution in [0.3, 0.4) is 0 Å². The Morgan fingerprint density at radius 3 is 2.29 bits per heavy atom. The molecule has 2 aromatic carbocycles. The van der Waals surface area contributed by atoms with Gasteiger partial charge in [-0.3, -0.25) is 4.79 Å². The summed E-state index contributed by atoms with van der Waals surface area (Å²) in [5.41, 5.74) is 2.00. The van der Waals surface area contributed by atoms with Crippen molar-refractivity contribution in [3.05, 3.63) is 59.7 Å². The van der Waals surface area contributed by atoms with Gasteiger partial charge in [-0.15, -0.1) is 0 Å². The van der Waals surface area contributed by atoms with Gasteiger partial charge in [0.15, 0.2) is 6.29 Å². The van der Waals surface area contributed by atoms with Gasteiger partial charge in [0.05, 0.1) is 5.56 Å². The summed E-state index contributed by atoms with van der Waals surface area (Å²) >= 11 is 0. The molecule has 17 heavy (non-hydrogen) atoms. The maximum absolute atomic E-state index is 10.9. The molecule has 0 radical (unpaired) electrons. The molecule has 0 unspecified atom stereocenters. The molecule has 0 aromatic heterocycles. The van der Waals surface area contributed by atoms with Gasteiger partial charge in [0.1, 0.15) is 0 Å². The molecule has 0 fully saturated rings. The molecule has 0 saturated heterocycles.